The van der Waals surface area contributed by atoms with Gasteiger partial charge in [0.1, 0.15) is 23.9 Å². The van der Waals surface area contributed by atoms with Crippen molar-refractivity contribution in [1.82, 2.24) is 5.32 Å². The summed E-state index contributed by atoms with van der Waals surface area (Å²) in [7, 11) is 0. The summed E-state index contributed by atoms with van der Waals surface area (Å²) in [5.41, 5.74) is 1.17. The van der Waals surface area contributed by atoms with Crippen molar-refractivity contribution >= 4 is 11.8 Å². The summed E-state index contributed by atoms with van der Waals surface area (Å²) in [4.78, 5) is 1.14. The second-order valence-electron chi connectivity index (χ2n) is 5.29. The highest BCUT2D eigenvalue weighted by atomic mass is 32.2. The molecule has 1 N–H and O–H groups in total. The summed E-state index contributed by atoms with van der Waals surface area (Å²) >= 11 is 1.68. The van der Waals surface area contributed by atoms with Gasteiger partial charge in [-0.1, -0.05) is 26.0 Å². The van der Waals surface area contributed by atoms with E-state index in [4.69, 9.17) is 9.15 Å². The number of ether oxygens (including phenoxy) is 1. The van der Waals surface area contributed by atoms with Crippen LogP contribution in [0.2, 0.25) is 0 Å². The highest BCUT2D eigenvalue weighted by molar-refractivity contribution is 7.98. The fraction of sp³-hybridized carbons (Fsp3) is 0.412. The maximum atomic E-state index is 5.87. The van der Waals surface area contributed by atoms with Crippen LogP contribution in [0.3, 0.4) is 0 Å². The number of thioether (sulfide) groups is 1. The Bertz CT molecular complexity index is 578. The standard InChI is InChI=1S/C17H23NO2S/c1-12(2)18-10-16-13(3)9-14(20-16)11-19-15-7-5-6-8-17(15)21-4/h5-9,12,18H,10-11H2,1-4H3. The summed E-state index contributed by atoms with van der Waals surface area (Å²) < 4.78 is 11.7. The molecule has 2 aromatic rings. The molecule has 0 spiro atoms. The minimum atomic E-state index is 0.447. The molecule has 0 radical (unpaired) electrons. The molecule has 3 nitrogen and oxygen atoms in total. The molecule has 21 heavy (non-hydrogen) atoms. The molecular formula is C17H23NO2S. The van der Waals surface area contributed by atoms with Gasteiger partial charge >= 0.3 is 0 Å². The first-order valence-corrected chi connectivity index (χ1v) is 8.40. The average Bonchev–Trinajstić information content (AvgIpc) is 2.83. The zero-order valence-electron chi connectivity index (χ0n) is 13.1. The van der Waals surface area contributed by atoms with E-state index in [0.29, 0.717) is 12.6 Å². The van der Waals surface area contributed by atoms with Crippen LogP contribution in [0.15, 0.2) is 39.6 Å². The lowest BCUT2D eigenvalue weighted by Gasteiger charge is -2.08. The number of nitrogens with one attached hydrogen (secondary N) is 1. The van der Waals surface area contributed by atoms with Crippen LogP contribution < -0.4 is 10.1 Å². The first kappa shape index (κ1) is 16.0. The van der Waals surface area contributed by atoms with E-state index >= 15 is 0 Å². The van der Waals surface area contributed by atoms with E-state index in [-0.39, 0.29) is 0 Å². The molecule has 0 aliphatic rings. The number of hydrogen-bond acceptors (Lipinski definition) is 4. The number of benzene rings is 1. The van der Waals surface area contributed by atoms with Crippen molar-refractivity contribution in [1.29, 1.82) is 0 Å². The summed E-state index contributed by atoms with van der Waals surface area (Å²) in [6.07, 6.45) is 2.05. The van der Waals surface area contributed by atoms with Crippen molar-refractivity contribution in [2.45, 2.75) is 44.9 Å². The van der Waals surface area contributed by atoms with Crippen molar-refractivity contribution in [3.8, 4) is 5.75 Å². The summed E-state index contributed by atoms with van der Waals surface area (Å²) in [5, 5.41) is 3.37. The third-order valence-electron chi connectivity index (χ3n) is 3.18. The van der Waals surface area contributed by atoms with Crippen molar-refractivity contribution in [2.24, 2.45) is 0 Å². The van der Waals surface area contributed by atoms with Gasteiger partial charge in [0.25, 0.3) is 0 Å². The number of para-hydroxylation sites is 1. The monoisotopic (exact) mass is 305 g/mol. The maximum absolute atomic E-state index is 5.87. The summed E-state index contributed by atoms with van der Waals surface area (Å²) in [5.74, 6) is 2.75. The summed E-state index contributed by atoms with van der Waals surface area (Å²) in [6.45, 7) is 7.54. The van der Waals surface area contributed by atoms with Crippen LogP contribution in [0.25, 0.3) is 0 Å². The van der Waals surface area contributed by atoms with Crippen molar-refractivity contribution in [3.63, 3.8) is 0 Å². The van der Waals surface area contributed by atoms with E-state index < -0.39 is 0 Å². The largest absolute Gasteiger partial charge is 0.484 e. The van der Waals surface area contributed by atoms with E-state index in [2.05, 4.69) is 44.5 Å². The van der Waals surface area contributed by atoms with Gasteiger partial charge in [0.15, 0.2) is 0 Å². The Morgan fingerprint density at radius 3 is 2.76 bits per heavy atom. The van der Waals surface area contributed by atoms with Crippen LogP contribution in [0.4, 0.5) is 0 Å². The smallest absolute Gasteiger partial charge is 0.146 e. The molecular weight excluding hydrogens is 282 g/mol. The van der Waals surface area contributed by atoms with E-state index in [9.17, 15) is 0 Å². The minimum Gasteiger partial charge on any atom is -0.484 e. The Balaban J connectivity index is 1.99. The van der Waals surface area contributed by atoms with Gasteiger partial charge in [-0.15, -0.1) is 11.8 Å². The highest BCUT2D eigenvalue weighted by Crippen LogP contribution is 2.28. The van der Waals surface area contributed by atoms with Crippen LogP contribution in [0, 0.1) is 6.92 Å². The van der Waals surface area contributed by atoms with Gasteiger partial charge in [-0.25, -0.2) is 0 Å². The zero-order valence-corrected chi connectivity index (χ0v) is 13.9. The first-order chi connectivity index (χ1) is 10.1. The van der Waals surface area contributed by atoms with Gasteiger partial charge in [0, 0.05) is 10.9 Å². The molecule has 4 heteroatoms. The molecule has 0 aliphatic carbocycles. The Morgan fingerprint density at radius 1 is 1.29 bits per heavy atom. The van der Waals surface area contributed by atoms with E-state index in [1.807, 2.05) is 18.2 Å². The second-order valence-corrected chi connectivity index (χ2v) is 6.14. The Labute approximate surface area is 131 Å². The lowest BCUT2D eigenvalue weighted by atomic mass is 10.2. The van der Waals surface area contributed by atoms with E-state index in [0.717, 1.165) is 28.7 Å². The van der Waals surface area contributed by atoms with Crippen LogP contribution in [-0.4, -0.2) is 12.3 Å². The normalized spacial score (nSPS) is 11.1. The number of hydrogen-bond donors (Lipinski definition) is 1. The Hall–Kier alpha value is -1.39. The third-order valence-corrected chi connectivity index (χ3v) is 3.96. The topological polar surface area (TPSA) is 34.4 Å². The molecule has 0 fully saturated rings. The molecule has 0 saturated carbocycles. The number of rotatable bonds is 7. The third kappa shape index (κ3) is 4.55. The zero-order chi connectivity index (χ0) is 15.2. The molecule has 1 heterocycles. The maximum Gasteiger partial charge on any atom is 0.146 e. The van der Waals surface area contributed by atoms with Gasteiger partial charge in [0.05, 0.1) is 6.54 Å². The Morgan fingerprint density at radius 2 is 2.05 bits per heavy atom. The lowest BCUT2D eigenvalue weighted by molar-refractivity contribution is 0.259. The van der Waals surface area contributed by atoms with Gasteiger partial charge in [-0.3, -0.25) is 0 Å². The van der Waals surface area contributed by atoms with Gasteiger partial charge in [0.2, 0.25) is 0 Å². The van der Waals surface area contributed by atoms with E-state index in [1.165, 1.54) is 5.56 Å². The van der Waals surface area contributed by atoms with Crippen molar-refractivity contribution in [2.75, 3.05) is 6.26 Å². The fourth-order valence-corrected chi connectivity index (χ4v) is 2.56. The van der Waals surface area contributed by atoms with Gasteiger partial charge in [-0.2, -0.15) is 0 Å². The molecule has 2 rings (SSSR count). The van der Waals surface area contributed by atoms with Crippen LogP contribution in [0.5, 0.6) is 5.75 Å². The Kier molecular flexibility index (Phi) is 5.76. The molecule has 0 bridgehead atoms. The number of aryl methyl sites for hydroxylation is 1. The molecule has 114 valence electrons. The predicted molar refractivity (Wildman–Crippen MR) is 88.0 cm³/mol. The quantitative estimate of drug-likeness (QED) is 0.770. The molecule has 1 aromatic carbocycles. The molecule has 0 atom stereocenters. The minimum absolute atomic E-state index is 0.447. The second kappa shape index (κ2) is 7.57. The molecule has 0 saturated heterocycles. The molecule has 0 aliphatic heterocycles. The van der Waals surface area contributed by atoms with E-state index in [1.54, 1.807) is 11.8 Å². The van der Waals surface area contributed by atoms with Gasteiger partial charge in [-0.05, 0) is 36.9 Å². The molecule has 0 unspecified atom stereocenters. The van der Waals surface area contributed by atoms with Crippen molar-refractivity contribution < 1.29 is 9.15 Å². The number of furan rings is 1. The lowest BCUT2D eigenvalue weighted by Crippen LogP contribution is -2.21. The van der Waals surface area contributed by atoms with Crippen LogP contribution in [0.1, 0.15) is 30.9 Å². The summed E-state index contributed by atoms with van der Waals surface area (Å²) in [6, 6.07) is 10.6. The fourth-order valence-electron chi connectivity index (χ4n) is 2.02. The van der Waals surface area contributed by atoms with Crippen LogP contribution >= 0.6 is 11.8 Å². The van der Waals surface area contributed by atoms with Crippen molar-refractivity contribution in [3.05, 3.63) is 47.4 Å². The molecule has 0 amide bonds. The average molecular weight is 305 g/mol. The SMILES string of the molecule is CSc1ccccc1OCc1cc(C)c(CNC(C)C)o1. The highest BCUT2D eigenvalue weighted by Gasteiger charge is 2.09. The van der Waals surface area contributed by atoms with Crippen LogP contribution in [-0.2, 0) is 13.2 Å². The van der Waals surface area contributed by atoms with Gasteiger partial charge < -0.3 is 14.5 Å². The predicted octanol–water partition coefficient (Wildman–Crippen LogP) is 4.39. The molecule has 1 aromatic heterocycles. The first-order valence-electron chi connectivity index (χ1n) is 7.17.